The first-order valence-corrected chi connectivity index (χ1v) is 9.91. The van der Waals surface area contributed by atoms with Gasteiger partial charge in [0.25, 0.3) is 11.8 Å². The largest absolute Gasteiger partial charge is 0.497 e. The molecular weight excluding hydrogens is 400 g/mol. The number of carbonyl (C=O) groups excluding carboxylic acids is 2. The van der Waals surface area contributed by atoms with Gasteiger partial charge >= 0.3 is 0 Å². The van der Waals surface area contributed by atoms with E-state index in [-0.39, 0.29) is 0 Å². The Morgan fingerprint density at radius 3 is 2.06 bits per heavy atom. The van der Waals surface area contributed by atoms with E-state index in [2.05, 4.69) is 0 Å². The Labute approximate surface area is 180 Å². The van der Waals surface area contributed by atoms with Crippen molar-refractivity contribution in [1.82, 2.24) is 4.90 Å². The smallest absolute Gasteiger partial charge is 0.282 e. The second kappa shape index (κ2) is 8.69. The van der Waals surface area contributed by atoms with E-state index in [1.807, 2.05) is 4.90 Å². The lowest BCUT2D eigenvalue weighted by atomic mass is 10.0. The molecule has 2 heterocycles. The topological polar surface area (TPSA) is 77.5 Å². The first-order valence-electron chi connectivity index (χ1n) is 9.91. The second-order valence-electron chi connectivity index (χ2n) is 7.04. The summed E-state index contributed by atoms with van der Waals surface area (Å²) < 4.78 is 21.4. The maximum absolute atomic E-state index is 13.7. The molecule has 0 spiro atoms. The molecule has 8 heteroatoms. The van der Waals surface area contributed by atoms with Crippen molar-refractivity contribution in [3.63, 3.8) is 0 Å². The lowest BCUT2D eigenvalue weighted by Crippen LogP contribution is -2.40. The third-order valence-electron chi connectivity index (χ3n) is 5.39. The lowest BCUT2D eigenvalue weighted by Gasteiger charge is -2.29. The van der Waals surface area contributed by atoms with Crippen LogP contribution in [-0.2, 0) is 14.3 Å². The zero-order valence-electron chi connectivity index (χ0n) is 17.7. The molecule has 0 aliphatic carbocycles. The third kappa shape index (κ3) is 3.70. The summed E-state index contributed by atoms with van der Waals surface area (Å²) in [6, 6.07) is 12.1. The fourth-order valence-electron chi connectivity index (χ4n) is 3.81. The molecule has 31 heavy (non-hydrogen) atoms. The number of nitrogens with zero attached hydrogens (tertiary/aromatic N) is 2. The fraction of sp³-hybridized carbons (Fsp3) is 0.304. The highest BCUT2D eigenvalue weighted by molar-refractivity contribution is 6.45. The Bertz CT molecular complexity index is 1020. The van der Waals surface area contributed by atoms with E-state index in [0.29, 0.717) is 66.1 Å². The first kappa shape index (κ1) is 20.7. The normalized spacial score (nSPS) is 16.7. The summed E-state index contributed by atoms with van der Waals surface area (Å²) in [5, 5.41) is 0. The van der Waals surface area contributed by atoms with Crippen molar-refractivity contribution in [2.75, 3.05) is 52.5 Å². The van der Waals surface area contributed by atoms with Crippen LogP contribution in [-0.4, -0.2) is 64.3 Å². The Balaban J connectivity index is 1.84. The summed E-state index contributed by atoms with van der Waals surface area (Å²) in [5.41, 5.74) is 1.69. The minimum absolute atomic E-state index is 0.339. The molecule has 2 aliphatic rings. The van der Waals surface area contributed by atoms with Gasteiger partial charge in [-0.15, -0.1) is 0 Å². The van der Waals surface area contributed by atoms with Crippen LogP contribution in [0, 0.1) is 0 Å². The number of anilines is 1. The van der Waals surface area contributed by atoms with Gasteiger partial charge in [0.05, 0.1) is 45.8 Å². The Morgan fingerprint density at radius 1 is 0.806 bits per heavy atom. The van der Waals surface area contributed by atoms with Gasteiger partial charge in [0.1, 0.15) is 22.9 Å². The maximum atomic E-state index is 13.7. The van der Waals surface area contributed by atoms with Gasteiger partial charge in [-0.05, 0) is 29.8 Å². The van der Waals surface area contributed by atoms with Crippen molar-refractivity contribution in [3.05, 3.63) is 53.7 Å². The zero-order valence-corrected chi connectivity index (χ0v) is 17.7. The number of methoxy groups -OCH3 is 3. The van der Waals surface area contributed by atoms with Gasteiger partial charge in [0.15, 0.2) is 0 Å². The van der Waals surface area contributed by atoms with Gasteiger partial charge in [-0.3, -0.25) is 9.59 Å². The molecule has 0 bridgehead atoms. The summed E-state index contributed by atoms with van der Waals surface area (Å²) >= 11 is 0. The fourth-order valence-corrected chi connectivity index (χ4v) is 3.81. The highest BCUT2D eigenvalue weighted by atomic mass is 16.5. The molecule has 2 amide bonds. The van der Waals surface area contributed by atoms with Crippen molar-refractivity contribution >= 4 is 23.1 Å². The average Bonchev–Trinajstić information content (AvgIpc) is 3.08. The Morgan fingerprint density at radius 2 is 1.45 bits per heavy atom. The van der Waals surface area contributed by atoms with Crippen LogP contribution in [0.2, 0.25) is 0 Å². The van der Waals surface area contributed by atoms with Gasteiger partial charge in [0, 0.05) is 19.2 Å². The first-order chi connectivity index (χ1) is 15.1. The number of ether oxygens (including phenoxy) is 4. The molecule has 8 nitrogen and oxygen atoms in total. The number of amides is 2. The van der Waals surface area contributed by atoms with Crippen LogP contribution in [0.3, 0.4) is 0 Å². The number of rotatable bonds is 6. The molecule has 0 unspecified atom stereocenters. The highest BCUT2D eigenvalue weighted by Gasteiger charge is 2.43. The lowest BCUT2D eigenvalue weighted by molar-refractivity contribution is -0.121. The van der Waals surface area contributed by atoms with Crippen molar-refractivity contribution in [1.29, 1.82) is 0 Å². The Hall–Kier alpha value is -3.52. The third-order valence-corrected chi connectivity index (χ3v) is 5.39. The molecule has 0 saturated carbocycles. The predicted molar refractivity (Wildman–Crippen MR) is 114 cm³/mol. The van der Waals surface area contributed by atoms with Crippen LogP contribution in [0.1, 0.15) is 5.56 Å². The molecule has 0 N–H and O–H groups in total. The predicted octanol–water partition coefficient (Wildman–Crippen LogP) is 2.33. The second-order valence-corrected chi connectivity index (χ2v) is 7.04. The molecule has 4 rings (SSSR count). The summed E-state index contributed by atoms with van der Waals surface area (Å²) in [4.78, 5) is 30.4. The standard InChI is InChI=1S/C23H24N2O6/c1-28-16-6-4-15(5-7-16)20-21(24-10-12-31-13-11-24)23(27)25(22(20)26)18-14-17(29-2)8-9-19(18)30-3/h4-9,14H,10-13H2,1-3H3. The molecule has 1 saturated heterocycles. The van der Waals surface area contributed by atoms with E-state index in [9.17, 15) is 9.59 Å². The SMILES string of the molecule is COc1ccc(C2=C(N3CCOCC3)C(=O)N(c3cc(OC)ccc3OC)C2=O)cc1. The van der Waals surface area contributed by atoms with Gasteiger partial charge in [-0.2, -0.15) is 0 Å². The average molecular weight is 424 g/mol. The van der Waals surface area contributed by atoms with Crippen LogP contribution in [0.4, 0.5) is 5.69 Å². The van der Waals surface area contributed by atoms with E-state index < -0.39 is 11.8 Å². The summed E-state index contributed by atoms with van der Waals surface area (Å²) in [7, 11) is 4.60. The van der Waals surface area contributed by atoms with Crippen LogP contribution < -0.4 is 19.1 Å². The number of morpholine rings is 1. The minimum atomic E-state index is -0.414. The highest BCUT2D eigenvalue weighted by Crippen LogP contribution is 2.40. The molecule has 1 fully saturated rings. The van der Waals surface area contributed by atoms with E-state index >= 15 is 0 Å². The van der Waals surface area contributed by atoms with Crippen LogP contribution in [0.5, 0.6) is 17.2 Å². The summed E-state index contributed by atoms with van der Waals surface area (Å²) in [5.74, 6) is 0.773. The molecule has 2 aromatic rings. The van der Waals surface area contributed by atoms with E-state index in [4.69, 9.17) is 18.9 Å². The molecular formula is C23H24N2O6. The van der Waals surface area contributed by atoms with Crippen LogP contribution in [0.25, 0.3) is 5.57 Å². The quantitative estimate of drug-likeness (QED) is 0.659. The van der Waals surface area contributed by atoms with Gasteiger partial charge in [-0.1, -0.05) is 12.1 Å². The van der Waals surface area contributed by atoms with Gasteiger partial charge in [0.2, 0.25) is 0 Å². The maximum Gasteiger partial charge on any atom is 0.282 e. The number of hydrogen-bond acceptors (Lipinski definition) is 7. The number of imide groups is 1. The molecule has 0 atom stereocenters. The number of benzene rings is 2. The molecule has 2 aromatic carbocycles. The van der Waals surface area contributed by atoms with Gasteiger partial charge in [-0.25, -0.2) is 4.90 Å². The number of hydrogen-bond donors (Lipinski definition) is 0. The summed E-state index contributed by atoms with van der Waals surface area (Å²) in [6.45, 7) is 2.03. The van der Waals surface area contributed by atoms with Crippen molar-refractivity contribution in [3.8, 4) is 17.2 Å². The van der Waals surface area contributed by atoms with Crippen LogP contribution in [0.15, 0.2) is 48.2 Å². The van der Waals surface area contributed by atoms with E-state index in [1.165, 1.54) is 14.2 Å². The zero-order chi connectivity index (χ0) is 22.0. The molecule has 162 valence electrons. The molecule has 0 aromatic heterocycles. The number of carbonyl (C=O) groups is 2. The Kier molecular flexibility index (Phi) is 5.81. The van der Waals surface area contributed by atoms with E-state index in [0.717, 1.165) is 4.90 Å². The van der Waals surface area contributed by atoms with Crippen molar-refractivity contribution in [2.45, 2.75) is 0 Å². The van der Waals surface area contributed by atoms with Crippen molar-refractivity contribution in [2.24, 2.45) is 0 Å². The monoisotopic (exact) mass is 424 g/mol. The summed E-state index contributed by atoms with van der Waals surface area (Å²) in [6.07, 6.45) is 0. The molecule has 0 radical (unpaired) electrons. The minimum Gasteiger partial charge on any atom is -0.497 e. The molecule has 2 aliphatic heterocycles. The van der Waals surface area contributed by atoms with Crippen LogP contribution >= 0.6 is 0 Å². The van der Waals surface area contributed by atoms with Crippen molar-refractivity contribution < 1.29 is 28.5 Å². The van der Waals surface area contributed by atoms with E-state index in [1.54, 1.807) is 49.6 Å². The van der Waals surface area contributed by atoms with Gasteiger partial charge < -0.3 is 23.8 Å².